The first kappa shape index (κ1) is 23.9. The fraction of sp³-hybridized carbons (Fsp3) is 0.286. The lowest BCUT2D eigenvalue weighted by Crippen LogP contribution is -2.43. The zero-order valence-corrected chi connectivity index (χ0v) is 18.9. The molecule has 1 unspecified atom stereocenters. The second-order valence-corrected chi connectivity index (χ2v) is 8.12. The SMILES string of the molecule is COc1ccc(F)cc1CCn1c(=O)n(C(C)C(=O)O)c(=O)c2c(C)c(N/N=C\C=N)sc21. The van der Waals surface area contributed by atoms with Gasteiger partial charge in [0.2, 0.25) is 0 Å². The summed E-state index contributed by atoms with van der Waals surface area (Å²) in [6, 6.07) is 2.65. The Labute approximate surface area is 191 Å². The molecular weight excluding hydrogens is 453 g/mol. The number of rotatable bonds is 9. The Balaban J connectivity index is 2.22. The van der Waals surface area contributed by atoms with Gasteiger partial charge in [0.05, 0.1) is 18.7 Å². The monoisotopic (exact) mass is 475 g/mol. The first-order chi connectivity index (χ1) is 15.7. The lowest BCUT2D eigenvalue weighted by atomic mass is 10.1. The average Bonchev–Trinajstić information content (AvgIpc) is 3.10. The van der Waals surface area contributed by atoms with Crippen LogP contribution in [-0.4, -0.2) is 39.7 Å². The van der Waals surface area contributed by atoms with Crippen LogP contribution in [0.1, 0.15) is 24.1 Å². The Bertz CT molecular complexity index is 1370. The minimum absolute atomic E-state index is 0.0466. The maximum atomic E-state index is 13.8. The molecule has 1 atom stereocenters. The maximum Gasteiger partial charge on any atom is 0.332 e. The first-order valence-corrected chi connectivity index (χ1v) is 10.6. The van der Waals surface area contributed by atoms with Gasteiger partial charge in [-0.2, -0.15) is 5.10 Å². The molecule has 0 amide bonds. The summed E-state index contributed by atoms with van der Waals surface area (Å²) < 4.78 is 21.1. The van der Waals surface area contributed by atoms with Gasteiger partial charge in [-0.3, -0.25) is 14.8 Å². The van der Waals surface area contributed by atoms with Gasteiger partial charge in [-0.25, -0.2) is 18.5 Å². The number of aliphatic carboxylic acids is 1. The van der Waals surface area contributed by atoms with E-state index >= 15 is 0 Å². The van der Waals surface area contributed by atoms with Gasteiger partial charge in [-0.15, -0.1) is 0 Å². The lowest BCUT2D eigenvalue weighted by molar-refractivity contribution is -0.140. The van der Waals surface area contributed by atoms with Gasteiger partial charge in [0.15, 0.2) is 0 Å². The highest BCUT2D eigenvalue weighted by Crippen LogP contribution is 2.33. The van der Waals surface area contributed by atoms with E-state index in [9.17, 15) is 23.9 Å². The van der Waals surface area contributed by atoms with E-state index in [1.807, 2.05) is 0 Å². The highest BCUT2D eigenvalue weighted by Gasteiger charge is 2.25. The Hall–Kier alpha value is -3.80. The number of methoxy groups -OCH3 is 1. The van der Waals surface area contributed by atoms with E-state index < -0.39 is 29.1 Å². The predicted molar refractivity (Wildman–Crippen MR) is 125 cm³/mol. The number of ether oxygens (including phenoxy) is 1. The summed E-state index contributed by atoms with van der Waals surface area (Å²) in [5.74, 6) is -1.34. The van der Waals surface area contributed by atoms with Gasteiger partial charge in [0.1, 0.15) is 27.4 Å². The smallest absolute Gasteiger partial charge is 0.332 e. The van der Waals surface area contributed by atoms with Crippen LogP contribution >= 0.6 is 11.3 Å². The standard InChI is InChI=1S/C21H22FN5O5S/c1-11-16-18(28)27(12(2)20(29)30)21(31)26(19(16)33-17(11)25-24-8-7-23)9-6-13-10-14(22)4-5-15(13)32-3/h4-5,7-8,10,12,23,25H,6,9H2,1-3H3,(H,29,30)/b23-7?,24-8-. The van der Waals surface area contributed by atoms with Crippen LogP contribution in [-0.2, 0) is 17.8 Å². The van der Waals surface area contributed by atoms with Crippen molar-refractivity contribution >= 4 is 45.0 Å². The van der Waals surface area contributed by atoms with Gasteiger partial charge in [-0.1, -0.05) is 11.3 Å². The van der Waals surface area contributed by atoms with Crippen LogP contribution in [0.4, 0.5) is 9.39 Å². The number of carboxylic acids is 1. The second-order valence-electron chi connectivity index (χ2n) is 7.12. The molecule has 0 bridgehead atoms. The van der Waals surface area contributed by atoms with Crippen molar-refractivity contribution in [3.8, 4) is 5.75 Å². The molecule has 3 N–H and O–H groups in total. The third-order valence-electron chi connectivity index (χ3n) is 5.15. The van der Waals surface area contributed by atoms with Crippen molar-refractivity contribution in [2.24, 2.45) is 5.10 Å². The van der Waals surface area contributed by atoms with Crippen LogP contribution in [0.2, 0.25) is 0 Å². The van der Waals surface area contributed by atoms with Gasteiger partial charge in [-0.05, 0) is 44.0 Å². The number of hydrogen-bond donors (Lipinski definition) is 3. The molecule has 0 aliphatic rings. The Morgan fingerprint density at radius 1 is 1.42 bits per heavy atom. The molecule has 1 aromatic carbocycles. The molecule has 12 heteroatoms. The lowest BCUT2D eigenvalue weighted by Gasteiger charge is -2.15. The number of carbonyl (C=O) groups is 1. The molecule has 0 aliphatic heterocycles. The quantitative estimate of drug-likeness (QED) is 0.321. The van der Waals surface area contributed by atoms with Gasteiger partial charge in [0.25, 0.3) is 5.56 Å². The molecule has 10 nitrogen and oxygen atoms in total. The van der Waals surface area contributed by atoms with Crippen molar-refractivity contribution in [3.05, 3.63) is 56.0 Å². The fourth-order valence-corrected chi connectivity index (χ4v) is 4.60. The van der Waals surface area contributed by atoms with Crippen LogP contribution in [0.3, 0.4) is 0 Å². The number of aromatic nitrogens is 2. The summed E-state index contributed by atoms with van der Waals surface area (Å²) in [6.45, 7) is 2.96. The number of halogens is 1. The molecule has 2 heterocycles. The average molecular weight is 476 g/mol. The predicted octanol–water partition coefficient (Wildman–Crippen LogP) is 2.62. The summed E-state index contributed by atoms with van der Waals surface area (Å²) in [6.07, 6.45) is 2.37. The van der Waals surface area contributed by atoms with Gasteiger partial charge >= 0.3 is 11.7 Å². The number of hydrazone groups is 1. The molecule has 33 heavy (non-hydrogen) atoms. The highest BCUT2D eigenvalue weighted by atomic mass is 32.1. The minimum Gasteiger partial charge on any atom is -0.496 e. The maximum absolute atomic E-state index is 13.8. The number of nitrogens with one attached hydrogen (secondary N) is 2. The van der Waals surface area contributed by atoms with E-state index in [1.54, 1.807) is 6.92 Å². The summed E-state index contributed by atoms with van der Waals surface area (Å²) in [5, 5.41) is 21.0. The van der Waals surface area contributed by atoms with Crippen LogP contribution in [0.5, 0.6) is 5.75 Å². The van der Waals surface area contributed by atoms with Gasteiger partial charge < -0.3 is 15.3 Å². The van der Waals surface area contributed by atoms with Crippen LogP contribution in [0.25, 0.3) is 10.2 Å². The van der Waals surface area contributed by atoms with Crippen LogP contribution < -0.4 is 21.4 Å². The van der Waals surface area contributed by atoms with Crippen molar-refractivity contribution in [2.45, 2.75) is 32.9 Å². The second kappa shape index (κ2) is 9.77. The molecule has 0 saturated carbocycles. The molecule has 0 aliphatic carbocycles. The summed E-state index contributed by atoms with van der Waals surface area (Å²) in [5.41, 5.74) is 2.24. The topological polar surface area (TPSA) is 139 Å². The number of fused-ring (bicyclic) bond motifs is 1. The normalized spacial score (nSPS) is 12.2. The van der Waals surface area contributed by atoms with E-state index in [4.69, 9.17) is 10.1 Å². The van der Waals surface area contributed by atoms with E-state index in [0.29, 0.717) is 31.3 Å². The Kier molecular flexibility index (Phi) is 7.07. The molecule has 0 spiro atoms. The summed E-state index contributed by atoms with van der Waals surface area (Å²) in [4.78, 5) is 38.3. The number of hydrogen-bond acceptors (Lipinski definition) is 8. The first-order valence-electron chi connectivity index (χ1n) is 9.83. The number of benzene rings is 1. The van der Waals surface area contributed by atoms with Crippen molar-refractivity contribution in [3.63, 3.8) is 0 Å². The zero-order chi connectivity index (χ0) is 24.3. The van der Waals surface area contributed by atoms with Crippen molar-refractivity contribution in [1.29, 1.82) is 5.41 Å². The molecule has 3 aromatic rings. The Morgan fingerprint density at radius 3 is 2.79 bits per heavy atom. The summed E-state index contributed by atoms with van der Waals surface area (Å²) >= 11 is 1.10. The molecule has 174 valence electrons. The number of aryl methyl sites for hydroxylation is 3. The Morgan fingerprint density at radius 2 is 2.15 bits per heavy atom. The van der Waals surface area contributed by atoms with E-state index in [0.717, 1.165) is 17.6 Å². The van der Waals surface area contributed by atoms with Gasteiger partial charge in [0, 0.05) is 18.3 Å². The largest absolute Gasteiger partial charge is 0.496 e. The third-order valence-corrected chi connectivity index (χ3v) is 6.37. The van der Waals surface area contributed by atoms with Crippen molar-refractivity contribution < 1.29 is 19.0 Å². The molecule has 0 radical (unpaired) electrons. The van der Waals surface area contributed by atoms with Crippen molar-refractivity contribution in [2.75, 3.05) is 12.5 Å². The van der Waals surface area contributed by atoms with Crippen molar-refractivity contribution in [1.82, 2.24) is 9.13 Å². The molecule has 0 saturated heterocycles. The zero-order valence-electron chi connectivity index (χ0n) is 18.1. The van der Waals surface area contributed by atoms with Crippen LogP contribution in [0, 0.1) is 18.2 Å². The highest BCUT2D eigenvalue weighted by molar-refractivity contribution is 7.22. The molecule has 0 fully saturated rings. The van der Waals surface area contributed by atoms with E-state index in [-0.39, 0.29) is 18.4 Å². The molecule has 3 rings (SSSR count). The van der Waals surface area contributed by atoms with Crippen LogP contribution in [0.15, 0.2) is 32.9 Å². The molecule has 2 aromatic heterocycles. The van der Waals surface area contributed by atoms with E-state index in [1.165, 1.54) is 43.0 Å². The molecular formula is C21H22FN5O5S. The number of nitrogens with zero attached hydrogens (tertiary/aromatic N) is 3. The number of anilines is 1. The van der Waals surface area contributed by atoms with E-state index in [2.05, 4.69) is 10.5 Å². The fourth-order valence-electron chi connectivity index (χ4n) is 3.43. The minimum atomic E-state index is -1.39. The number of carboxylic acid groups (broad SMARTS) is 1. The number of thiophene rings is 1. The third kappa shape index (κ3) is 4.55. The summed E-state index contributed by atoms with van der Waals surface area (Å²) in [7, 11) is 1.45.